The summed E-state index contributed by atoms with van der Waals surface area (Å²) in [5.41, 5.74) is 7.64. The zero-order chi connectivity index (χ0) is 20.8. The molecule has 0 aromatic heterocycles. The molecule has 0 radical (unpaired) electrons. The van der Waals surface area contributed by atoms with Crippen LogP contribution in [0.1, 0.15) is 64.4 Å². The fourth-order valence-electron chi connectivity index (χ4n) is 4.72. The molecule has 4 rings (SSSR count). The fraction of sp³-hybridized carbons (Fsp3) is 0.391. The zero-order valence-corrected chi connectivity index (χ0v) is 17.8. The summed E-state index contributed by atoms with van der Waals surface area (Å²) in [5, 5.41) is 0.554. The SMILES string of the molecule is CC1(C2CCCC2)Cc2cc(OCc3ccc(C(N)=O)cc3)c(Cl)c(Cl)c2C1=O. The number of nitrogens with two attached hydrogens (primary N) is 1. The van der Waals surface area contributed by atoms with Crippen LogP contribution in [0.5, 0.6) is 5.75 Å². The number of Topliss-reactive ketones (excluding diaryl/α,β-unsaturated/α-hetero) is 1. The second-order valence-corrected chi connectivity index (χ2v) is 9.05. The Bertz CT molecular complexity index is 981. The van der Waals surface area contributed by atoms with Crippen LogP contribution < -0.4 is 10.5 Å². The van der Waals surface area contributed by atoms with Gasteiger partial charge in [0.25, 0.3) is 0 Å². The maximum Gasteiger partial charge on any atom is 0.248 e. The average Bonchev–Trinajstić information content (AvgIpc) is 3.32. The first-order valence-corrected chi connectivity index (χ1v) is 10.6. The topological polar surface area (TPSA) is 69.4 Å². The Kier molecular flexibility index (Phi) is 5.34. The molecule has 6 heteroatoms. The van der Waals surface area contributed by atoms with E-state index in [9.17, 15) is 9.59 Å². The number of primary amides is 1. The second-order valence-electron chi connectivity index (χ2n) is 8.29. The van der Waals surface area contributed by atoms with E-state index in [2.05, 4.69) is 6.92 Å². The molecule has 2 aromatic rings. The van der Waals surface area contributed by atoms with Crippen molar-refractivity contribution < 1.29 is 14.3 Å². The molecule has 0 spiro atoms. The van der Waals surface area contributed by atoms with Crippen molar-refractivity contribution in [2.45, 2.75) is 45.6 Å². The molecule has 1 unspecified atom stereocenters. The predicted octanol–water partition coefficient (Wildman–Crippen LogP) is 5.61. The number of carbonyl (C=O) groups is 2. The second kappa shape index (κ2) is 7.66. The van der Waals surface area contributed by atoms with E-state index in [1.165, 1.54) is 12.8 Å². The summed E-state index contributed by atoms with van der Waals surface area (Å²) in [6.45, 7) is 2.33. The quantitative estimate of drug-likeness (QED) is 0.668. The standard InChI is InChI=1S/C23H23Cl2NO3/c1-23(16-4-2-3-5-16)11-15-10-17(19(24)20(25)18(15)21(23)27)29-12-13-6-8-14(9-7-13)22(26)28/h6-10,16H,2-5,11-12H2,1H3,(H2,26,28). The number of hydrogen-bond donors (Lipinski definition) is 1. The summed E-state index contributed by atoms with van der Waals surface area (Å²) in [6.07, 6.45) is 5.22. The Hall–Kier alpha value is -2.04. The minimum Gasteiger partial charge on any atom is -0.487 e. The average molecular weight is 432 g/mol. The summed E-state index contributed by atoms with van der Waals surface area (Å²) in [5.74, 6) is 0.504. The third-order valence-electron chi connectivity index (χ3n) is 6.45. The van der Waals surface area contributed by atoms with Crippen LogP contribution in [0.4, 0.5) is 0 Å². The fourth-order valence-corrected chi connectivity index (χ4v) is 5.23. The van der Waals surface area contributed by atoms with Crippen LogP contribution in [0, 0.1) is 11.3 Å². The van der Waals surface area contributed by atoms with E-state index in [4.69, 9.17) is 33.7 Å². The number of carbonyl (C=O) groups excluding carboxylic acids is 2. The molecule has 0 aliphatic heterocycles. The lowest BCUT2D eigenvalue weighted by molar-refractivity contribution is 0.0744. The monoisotopic (exact) mass is 431 g/mol. The van der Waals surface area contributed by atoms with Crippen LogP contribution in [0.25, 0.3) is 0 Å². The number of amides is 1. The van der Waals surface area contributed by atoms with Crippen molar-refractivity contribution in [1.82, 2.24) is 0 Å². The summed E-state index contributed by atoms with van der Waals surface area (Å²) in [6, 6.07) is 8.74. The minimum atomic E-state index is -0.471. The van der Waals surface area contributed by atoms with Crippen LogP contribution >= 0.6 is 23.2 Å². The first-order chi connectivity index (χ1) is 13.8. The minimum absolute atomic E-state index is 0.111. The van der Waals surface area contributed by atoms with Crippen molar-refractivity contribution in [2.24, 2.45) is 17.1 Å². The summed E-state index contributed by atoms with van der Waals surface area (Å²) in [4.78, 5) is 24.4. The van der Waals surface area contributed by atoms with Crippen LogP contribution in [-0.4, -0.2) is 11.7 Å². The molecule has 1 saturated carbocycles. The number of halogens is 2. The van der Waals surface area contributed by atoms with Gasteiger partial charge in [-0.05, 0) is 54.5 Å². The number of rotatable bonds is 5. The van der Waals surface area contributed by atoms with Gasteiger partial charge in [0.05, 0.1) is 5.02 Å². The highest BCUT2D eigenvalue weighted by molar-refractivity contribution is 6.45. The van der Waals surface area contributed by atoms with Gasteiger partial charge in [0, 0.05) is 16.5 Å². The first-order valence-electron chi connectivity index (χ1n) is 9.88. The van der Waals surface area contributed by atoms with Gasteiger partial charge in [-0.15, -0.1) is 0 Å². The smallest absolute Gasteiger partial charge is 0.248 e. The first kappa shape index (κ1) is 20.2. The molecular formula is C23H23Cl2NO3. The van der Waals surface area contributed by atoms with Gasteiger partial charge in [-0.1, -0.05) is 55.1 Å². The lowest BCUT2D eigenvalue weighted by Crippen LogP contribution is -2.32. The van der Waals surface area contributed by atoms with E-state index < -0.39 is 11.3 Å². The van der Waals surface area contributed by atoms with Gasteiger partial charge in [0.15, 0.2) is 5.78 Å². The molecule has 29 heavy (non-hydrogen) atoms. The van der Waals surface area contributed by atoms with Crippen LogP contribution in [0.3, 0.4) is 0 Å². The maximum atomic E-state index is 13.2. The maximum absolute atomic E-state index is 13.2. The molecule has 1 atom stereocenters. The van der Waals surface area contributed by atoms with Crippen LogP contribution in [-0.2, 0) is 13.0 Å². The molecule has 0 heterocycles. The van der Waals surface area contributed by atoms with E-state index in [-0.39, 0.29) is 22.4 Å². The highest BCUT2D eigenvalue weighted by Crippen LogP contribution is 2.52. The molecule has 152 valence electrons. The molecule has 2 aliphatic rings. The Balaban J connectivity index is 1.57. The van der Waals surface area contributed by atoms with E-state index in [0.29, 0.717) is 29.2 Å². The molecule has 1 fully saturated rings. The Morgan fingerprint density at radius 2 is 1.83 bits per heavy atom. The highest BCUT2D eigenvalue weighted by Gasteiger charge is 2.49. The van der Waals surface area contributed by atoms with Gasteiger partial charge in [0.1, 0.15) is 17.4 Å². The summed E-state index contributed by atoms with van der Waals surface area (Å²) in [7, 11) is 0. The highest BCUT2D eigenvalue weighted by atomic mass is 35.5. The van der Waals surface area contributed by atoms with E-state index in [1.807, 2.05) is 6.07 Å². The van der Waals surface area contributed by atoms with Crippen molar-refractivity contribution in [1.29, 1.82) is 0 Å². The largest absolute Gasteiger partial charge is 0.487 e. The van der Waals surface area contributed by atoms with Crippen molar-refractivity contribution in [2.75, 3.05) is 0 Å². The van der Waals surface area contributed by atoms with E-state index in [1.54, 1.807) is 24.3 Å². The van der Waals surface area contributed by atoms with Crippen molar-refractivity contribution in [3.05, 3.63) is 62.6 Å². The van der Waals surface area contributed by atoms with Gasteiger partial charge in [-0.25, -0.2) is 0 Å². The third-order valence-corrected chi connectivity index (χ3v) is 7.30. The number of benzene rings is 2. The summed E-state index contributed by atoms with van der Waals surface area (Å²) >= 11 is 13.0. The van der Waals surface area contributed by atoms with Crippen LogP contribution in [0.2, 0.25) is 10.0 Å². The molecule has 2 aliphatic carbocycles. The molecule has 4 nitrogen and oxygen atoms in total. The van der Waals surface area contributed by atoms with Crippen molar-refractivity contribution >= 4 is 34.9 Å². The number of ether oxygens (including phenoxy) is 1. The normalized spacial score (nSPS) is 21.4. The predicted molar refractivity (Wildman–Crippen MR) is 114 cm³/mol. The molecule has 0 saturated heterocycles. The van der Waals surface area contributed by atoms with Gasteiger partial charge in [0.2, 0.25) is 5.91 Å². The zero-order valence-electron chi connectivity index (χ0n) is 16.3. The Morgan fingerprint density at radius 3 is 2.45 bits per heavy atom. The van der Waals surface area contributed by atoms with E-state index >= 15 is 0 Å². The van der Waals surface area contributed by atoms with Gasteiger partial charge < -0.3 is 10.5 Å². The molecule has 1 amide bonds. The Labute approximate surface area is 180 Å². The molecule has 2 N–H and O–H groups in total. The lowest BCUT2D eigenvalue weighted by atomic mass is 9.73. The van der Waals surface area contributed by atoms with Crippen molar-refractivity contribution in [3.8, 4) is 5.75 Å². The third kappa shape index (κ3) is 3.53. The molecule has 2 aromatic carbocycles. The van der Waals surface area contributed by atoms with Gasteiger partial charge in [-0.2, -0.15) is 0 Å². The van der Waals surface area contributed by atoms with E-state index in [0.717, 1.165) is 24.0 Å². The van der Waals surface area contributed by atoms with Crippen molar-refractivity contribution in [3.63, 3.8) is 0 Å². The number of ketones is 1. The number of fused-ring (bicyclic) bond motifs is 1. The number of hydrogen-bond acceptors (Lipinski definition) is 3. The Morgan fingerprint density at radius 1 is 1.17 bits per heavy atom. The molecule has 0 bridgehead atoms. The lowest BCUT2D eigenvalue weighted by Gasteiger charge is -2.29. The summed E-state index contributed by atoms with van der Waals surface area (Å²) < 4.78 is 5.91. The van der Waals surface area contributed by atoms with Crippen LogP contribution in [0.15, 0.2) is 30.3 Å². The molecular weight excluding hydrogens is 409 g/mol. The van der Waals surface area contributed by atoms with Gasteiger partial charge >= 0.3 is 0 Å². The van der Waals surface area contributed by atoms with Gasteiger partial charge in [-0.3, -0.25) is 9.59 Å².